The fourth-order valence-electron chi connectivity index (χ4n) is 2.41. The largest absolute Gasteiger partial charge is 0.496 e. The Morgan fingerprint density at radius 3 is 2.65 bits per heavy atom. The predicted octanol–water partition coefficient (Wildman–Crippen LogP) is 3.11. The van der Waals surface area contributed by atoms with Crippen LogP contribution in [0.15, 0.2) is 42.5 Å². The van der Waals surface area contributed by atoms with E-state index in [0.29, 0.717) is 30.5 Å². The van der Waals surface area contributed by atoms with Gasteiger partial charge in [-0.3, -0.25) is 9.69 Å². The minimum absolute atomic E-state index is 0.115. The average Bonchev–Trinajstić information content (AvgIpc) is 2.60. The highest BCUT2D eigenvalue weighted by atomic mass is 35.5. The molecular weight excluding hydrogens is 359 g/mol. The molecule has 0 fully saturated rings. The highest BCUT2D eigenvalue weighted by Gasteiger charge is 2.10. The number of carbonyl (C=O) groups is 1. The third kappa shape index (κ3) is 6.54. The van der Waals surface area contributed by atoms with Crippen molar-refractivity contribution in [1.29, 1.82) is 0 Å². The maximum Gasteiger partial charge on any atom is 0.234 e. The molecule has 140 valence electrons. The van der Waals surface area contributed by atoms with Crippen LogP contribution in [0.4, 0.5) is 4.39 Å². The standard InChI is InChI=1S/C19H22ClFN2O3/c1-23(12-14-11-15(20)3-8-18(14)25-2)13-19(24)22-9-10-26-17-6-4-16(21)5-7-17/h3-8,11H,9-10,12-13H2,1-2H3,(H,22,24). The first kappa shape index (κ1) is 20.0. The monoisotopic (exact) mass is 380 g/mol. The lowest BCUT2D eigenvalue weighted by molar-refractivity contribution is -0.122. The van der Waals surface area contributed by atoms with E-state index in [2.05, 4.69) is 5.32 Å². The number of methoxy groups -OCH3 is 1. The number of halogens is 2. The van der Waals surface area contributed by atoms with Gasteiger partial charge in [-0.1, -0.05) is 11.6 Å². The topological polar surface area (TPSA) is 50.8 Å². The van der Waals surface area contributed by atoms with Gasteiger partial charge in [0.2, 0.25) is 5.91 Å². The first-order chi connectivity index (χ1) is 12.5. The molecule has 2 aromatic rings. The Labute approximate surface area is 157 Å². The van der Waals surface area contributed by atoms with Crippen molar-refractivity contribution in [1.82, 2.24) is 10.2 Å². The van der Waals surface area contributed by atoms with Crippen LogP contribution in [0.25, 0.3) is 0 Å². The molecule has 7 heteroatoms. The molecule has 2 aromatic carbocycles. The van der Waals surface area contributed by atoms with E-state index in [1.807, 2.05) is 18.0 Å². The molecule has 0 heterocycles. The zero-order valence-electron chi connectivity index (χ0n) is 14.8. The Kier molecular flexibility index (Phi) is 7.69. The third-order valence-corrected chi connectivity index (χ3v) is 3.84. The van der Waals surface area contributed by atoms with Crippen molar-refractivity contribution in [2.75, 3.05) is 33.9 Å². The minimum atomic E-state index is -0.315. The molecule has 0 saturated heterocycles. The fourth-order valence-corrected chi connectivity index (χ4v) is 2.60. The second-order valence-corrected chi connectivity index (χ2v) is 6.22. The number of benzene rings is 2. The van der Waals surface area contributed by atoms with E-state index >= 15 is 0 Å². The molecule has 0 atom stereocenters. The average molecular weight is 381 g/mol. The highest BCUT2D eigenvalue weighted by Crippen LogP contribution is 2.23. The summed E-state index contributed by atoms with van der Waals surface area (Å²) in [5, 5.41) is 3.41. The molecule has 26 heavy (non-hydrogen) atoms. The molecule has 0 aromatic heterocycles. The molecule has 0 aliphatic heterocycles. The van der Waals surface area contributed by atoms with Gasteiger partial charge in [0.1, 0.15) is 23.9 Å². The molecule has 5 nitrogen and oxygen atoms in total. The lowest BCUT2D eigenvalue weighted by Gasteiger charge is -2.18. The quantitative estimate of drug-likeness (QED) is 0.679. The number of nitrogens with one attached hydrogen (secondary N) is 1. The Hall–Kier alpha value is -2.31. The molecule has 0 saturated carbocycles. The molecule has 1 N–H and O–H groups in total. The van der Waals surface area contributed by atoms with Crippen LogP contribution in [-0.4, -0.2) is 44.7 Å². The Morgan fingerprint density at radius 1 is 1.23 bits per heavy atom. The molecule has 0 aliphatic rings. The summed E-state index contributed by atoms with van der Waals surface area (Å²) < 4.78 is 23.5. The second kappa shape index (κ2) is 9.99. The van der Waals surface area contributed by atoms with Crippen LogP contribution in [-0.2, 0) is 11.3 Å². The number of ether oxygens (including phenoxy) is 2. The number of hydrogen-bond acceptors (Lipinski definition) is 4. The molecule has 1 amide bonds. The number of likely N-dealkylation sites (N-methyl/N-ethyl adjacent to an activating group) is 1. The summed E-state index contributed by atoms with van der Waals surface area (Å²) in [6.07, 6.45) is 0. The lowest BCUT2D eigenvalue weighted by atomic mass is 10.2. The maximum atomic E-state index is 12.8. The number of rotatable bonds is 9. The summed E-state index contributed by atoms with van der Waals surface area (Å²) in [7, 11) is 3.44. The van der Waals surface area contributed by atoms with E-state index in [0.717, 1.165) is 11.3 Å². The van der Waals surface area contributed by atoms with E-state index in [1.54, 1.807) is 31.4 Å². The van der Waals surface area contributed by atoms with E-state index in [9.17, 15) is 9.18 Å². The van der Waals surface area contributed by atoms with Crippen molar-refractivity contribution >= 4 is 17.5 Å². The summed E-state index contributed by atoms with van der Waals surface area (Å²) in [6.45, 7) is 1.43. The number of nitrogens with zero attached hydrogens (tertiary/aromatic N) is 1. The van der Waals surface area contributed by atoms with E-state index in [-0.39, 0.29) is 18.3 Å². The molecule has 0 bridgehead atoms. The van der Waals surface area contributed by atoms with Crippen LogP contribution in [0.3, 0.4) is 0 Å². The molecular formula is C19H22ClFN2O3. The second-order valence-electron chi connectivity index (χ2n) is 5.78. The van der Waals surface area contributed by atoms with Crippen LogP contribution >= 0.6 is 11.6 Å². The van der Waals surface area contributed by atoms with Crippen molar-refractivity contribution in [2.24, 2.45) is 0 Å². The summed E-state index contributed by atoms with van der Waals surface area (Å²) in [4.78, 5) is 13.9. The number of hydrogen-bond donors (Lipinski definition) is 1. The maximum absolute atomic E-state index is 12.8. The van der Waals surface area contributed by atoms with E-state index < -0.39 is 0 Å². The smallest absolute Gasteiger partial charge is 0.234 e. The Bertz CT molecular complexity index is 725. The Balaban J connectivity index is 1.72. The first-order valence-electron chi connectivity index (χ1n) is 8.14. The van der Waals surface area contributed by atoms with Crippen molar-refractivity contribution in [3.8, 4) is 11.5 Å². The summed E-state index contributed by atoms with van der Waals surface area (Å²) in [5.74, 6) is 0.862. The molecule has 0 radical (unpaired) electrons. The third-order valence-electron chi connectivity index (χ3n) is 3.60. The van der Waals surface area contributed by atoms with Crippen LogP contribution in [0.1, 0.15) is 5.56 Å². The predicted molar refractivity (Wildman–Crippen MR) is 99.2 cm³/mol. The normalized spacial score (nSPS) is 10.7. The lowest BCUT2D eigenvalue weighted by Crippen LogP contribution is -2.36. The van der Waals surface area contributed by atoms with Gasteiger partial charge < -0.3 is 14.8 Å². The van der Waals surface area contributed by atoms with Gasteiger partial charge in [0.05, 0.1) is 20.2 Å². The molecule has 2 rings (SSSR count). The van der Waals surface area contributed by atoms with Gasteiger partial charge in [0.15, 0.2) is 0 Å². The molecule has 0 unspecified atom stereocenters. The Morgan fingerprint density at radius 2 is 1.96 bits per heavy atom. The van der Waals surface area contributed by atoms with Crippen LogP contribution in [0, 0.1) is 5.82 Å². The van der Waals surface area contributed by atoms with Gasteiger partial charge in [0.25, 0.3) is 0 Å². The van der Waals surface area contributed by atoms with E-state index in [4.69, 9.17) is 21.1 Å². The minimum Gasteiger partial charge on any atom is -0.496 e. The summed E-state index contributed by atoms with van der Waals surface area (Å²) >= 11 is 6.02. The van der Waals surface area contributed by atoms with Crippen molar-refractivity contribution in [3.05, 3.63) is 58.9 Å². The van der Waals surface area contributed by atoms with Gasteiger partial charge in [-0.2, -0.15) is 0 Å². The highest BCUT2D eigenvalue weighted by molar-refractivity contribution is 6.30. The van der Waals surface area contributed by atoms with E-state index in [1.165, 1.54) is 12.1 Å². The number of amides is 1. The van der Waals surface area contributed by atoms with Crippen molar-refractivity contribution in [2.45, 2.75) is 6.54 Å². The van der Waals surface area contributed by atoms with Crippen LogP contribution < -0.4 is 14.8 Å². The van der Waals surface area contributed by atoms with Gasteiger partial charge in [0, 0.05) is 17.1 Å². The van der Waals surface area contributed by atoms with Gasteiger partial charge >= 0.3 is 0 Å². The fraction of sp³-hybridized carbons (Fsp3) is 0.316. The van der Waals surface area contributed by atoms with Crippen molar-refractivity contribution < 1.29 is 18.7 Å². The van der Waals surface area contributed by atoms with Crippen LogP contribution in [0.5, 0.6) is 11.5 Å². The zero-order chi connectivity index (χ0) is 18.9. The number of carbonyl (C=O) groups excluding carboxylic acids is 1. The van der Waals surface area contributed by atoms with Crippen LogP contribution in [0.2, 0.25) is 5.02 Å². The van der Waals surface area contributed by atoms with Crippen molar-refractivity contribution in [3.63, 3.8) is 0 Å². The zero-order valence-corrected chi connectivity index (χ0v) is 15.6. The summed E-state index contributed by atoms with van der Waals surface area (Å²) in [5.41, 5.74) is 0.912. The van der Waals surface area contributed by atoms with Gasteiger partial charge in [-0.25, -0.2) is 4.39 Å². The molecule has 0 aliphatic carbocycles. The molecule has 0 spiro atoms. The van der Waals surface area contributed by atoms with Gasteiger partial charge in [-0.05, 0) is 49.5 Å². The van der Waals surface area contributed by atoms with Gasteiger partial charge in [-0.15, -0.1) is 0 Å². The first-order valence-corrected chi connectivity index (χ1v) is 8.51. The summed E-state index contributed by atoms with van der Waals surface area (Å²) in [6, 6.07) is 11.1. The SMILES string of the molecule is COc1ccc(Cl)cc1CN(C)CC(=O)NCCOc1ccc(F)cc1.